The zero-order valence-corrected chi connectivity index (χ0v) is 18.7. The quantitative estimate of drug-likeness (QED) is 0.574. The summed E-state index contributed by atoms with van der Waals surface area (Å²) >= 11 is 0. The molecule has 2 aromatic rings. The number of carbonyl (C=O) groups excluding carboxylic acids is 2. The molecule has 174 valence electrons. The number of hydrogen-bond acceptors (Lipinski definition) is 4. The van der Waals surface area contributed by atoms with Gasteiger partial charge in [0.1, 0.15) is 12.1 Å². The zero-order valence-electron chi connectivity index (χ0n) is 18.7. The van der Waals surface area contributed by atoms with Gasteiger partial charge in [0.2, 0.25) is 5.91 Å². The first kappa shape index (κ1) is 23.8. The number of hydrogen-bond donors (Lipinski definition) is 0. The van der Waals surface area contributed by atoms with Gasteiger partial charge >= 0.3 is 12.1 Å². The van der Waals surface area contributed by atoms with Gasteiger partial charge < -0.3 is 9.64 Å². The van der Waals surface area contributed by atoms with Gasteiger partial charge in [0.05, 0.1) is 11.8 Å². The second-order valence-corrected chi connectivity index (χ2v) is 9.01. The van der Waals surface area contributed by atoms with E-state index in [1.54, 1.807) is 31.9 Å². The fourth-order valence-corrected chi connectivity index (χ4v) is 3.42. The number of esters is 1. The Hall–Kier alpha value is -2.84. The van der Waals surface area contributed by atoms with Crippen molar-refractivity contribution in [3.8, 4) is 11.1 Å². The summed E-state index contributed by atoms with van der Waals surface area (Å²) in [7, 11) is 0. The molecule has 3 rings (SSSR count). The molecule has 6 nitrogen and oxygen atoms in total. The van der Waals surface area contributed by atoms with Gasteiger partial charge in [0.15, 0.2) is 0 Å². The van der Waals surface area contributed by atoms with E-state index >= 15 is 0 Å². The number of ether oxygens (including phenoxy) is 1. The van der Waals surface area contributed by atoms with Crippen molar-refractivity contribution in [2.75, 3.05) is 6.54 Å². The van der Waals surface area contributed by atoms with Crippen LogP contribution in [0.25, 0.3) is 11.1 Å². The number of nitrogens with zero attached hydrogens (tertiary/aromatic N) is 3. The summed E-state index contributed by atoms with van der Waals surface area (Å²) in [5.74, 6) is -0.524. The van der Waals surface area contributed by atoms with E-state index in [0.29, 0.717) is 23.2 Å². The average Bonchev–Trinajstić information content (AvgIpc) is 3.43. The minimum absolute atomic E-state index is 0.0271. The number of aromatic nitrogens is 2. The van der Waals surface area contributed by atoms with Gasteiger partial charge in [-0.15, -0.1) is 0 Å². The lowest BCUT2D eigenvalue weighted by molar-refractivity contribution is -0.155. The first-order valence-corrected chi connectivity index (χ1v) is 10.6. The van der Waals surface area contributed by atoms with Crippen molar-refractivity contribution < 1.29 is 27.5 Å². The molecule has 1 aliphatic rings. The minimum atomic E-state index is -4.49. The molecule has 32 heavy (non-hydrogen) atoms. The smallest absolute Gasteiger partial charge is 0.416 e. The van der Waals surface area contributed by atoms with Gasteiger partial charge in [-0.05, 0) is 63.8 Å². The summed E-state index contributed by atoms with van der Waals surface area (Å²) in [5.41, 5.74) is 0.0771. The van der Waals surface area contributed by atoms with Crippen molar-refractivity contribution in [2.24, 2.45) is 5.92 Å². The molecule has 0 atom stereocenters. The van der Waals surface area contributed by atoms with Crippen molar-refractivity contribution in [2.45, 2.75) is 65.4 Å². The van der Waals surface area contributed by atoms with E-state index in [1.165, 1.54) is 16.9 Å². The predicted molar refractivity (Wildman–Crippen MR) is 112 cm³/mol. The van der Waals surface area contributed by atoms with Crippen LogP contribution in [0, 0.1) is 5.92 Å². The maximum absolute atomic E-state index is 13.4. The van der Waals surface area contributed by atoms with Crippen molar-refractivity contribution >= 4 is 11.9 Å². The average molecular weight is 451 g/mol. The van der Waals surface area contributed by atoms with E-state index in [4.69, 9.17) is 4.74 Å². The summed E-state index contributed by atoms with van der Waals surface area (Å²) in [6, 6.07) is 3.49. The Morgan fingerprint density at radius 2 is 1.91 bits per heavy atom. The van der Waals surface area contributed by atoms with Crippen LogP contribution in [-0.2, 0) is 33.6 Å². The van der Waals surface area contributed by atoms with Crippen LogP contribution in [0.15, 0.2) is 30.6 Å². The normalized spacial score (nSPS) is 14.3. The molecule has 0 bridgehead atoms. The van der Waals surface area contributed by atoms with Crippen LogP contribution in [0.2, 0.25) is 0 Å². The Labute approximate surface area is 185 Å². The van der Waals surface area contributed by atoms with E-state index in [1.807, 2.05) is 6.92 Å². The molecule has 1 aromatic heterocycles. The third kappa shape index (κ3) is 6.11. The molecular formula is C23H28F3N3O3. The molecule has 0 saturated heterocycles. The summed E-state index contributed by atoms with van der Waals surface area (Å²) in [5, 5.41) is 4.16. The number of carbonyl (C=O) groups is 2. The van der Waals surface area contributed by atoms with Gasteiger partial charge in [-0.1, -0.05) is 6.07 Å². The number of rotatable bonds is 7. The number of halogens is 3. The first-order valence-electron chi connectivity index (χ1n) is 10.6. The largest absolute Gasteiger partial charge is 0.459 e. The third-order valence-corrected chi connectivity index (χ3v) is 5.07. The van der Waals surface area contributed by atoms with Crippen LogP contribution < -0.4 is 0 Å². The fourth-order valence-electron chi connectivity index (χ4n) is 3.42. The van der Waals surface area contributed by atoms with Crippen molar-refractivity contribution in [1.29, 1.82) is 0 Å². The lowest BCUT2D eigenvalue weighted by Gasteiger charge is -2.23. The molecule has 1 fully saturated rings. The molecule has 1 aliphatic carbocycles. The van der Waals surface area contributed by atoms with Crippen LogP contribution in [-0.4, -0.2) is 38.7 Å². The van der Waals surface area contributed by atoms with Crippen LogP contribution in [0.3, 0.4) is 0 Å². The summed E-state index contributed by atoms with van der Waals surface area (Å²) < 4.78 is 46.7. The van der Waals surface area contributed by atoms with Crippen molar-refractivity contribution in [3.05, 3.63) is 41.7 Å². The molecular weight excluding hydrogens is 423 g/mol. The maximum Gasteiger partial charge on any atom is 0.416 e. The predicted octanol–water partition coefficient (Wildman–Crippen LogP) is 4.67. The summed E-state index contributed by atoms with van der Waals surface area (Å²) in [4.78, 5) is 26.2. The summed E-state index contributed by atoms with van der Waals surface area (Å²) in [6.45, 7) is 7.45. The molecule has 1 heterocycles. The SMILES string of the molecule is CCN(Cc1cc(C(F)(F)F)ccc1-c1cnn(CC(=O)OC(C)(C)C)c1)C(=O)C1CC1. The number of benzene rings is 1. The maximum atomic E-state index is 13.4. The summed E-state index contributed by atoms with van der Waals surface area (Å²) in [6.07, 6.45) is 0.237. The van der Waals surface area contributed by atoms with Crippen LogP contribution in [0.1, 0.15) is 51.7 Å². The van der Waals surface area contributed by atoms with E-state index in [0.717, 1.165) is 25.0 Å². The standard InChI is InChI=1S/C23H28F3N3O3/c1-5-28(21(31)15-6-7-15)12-16-10-18(23(24,25)26)8-9-19(16)17-11-27-29(13-17)14-20(30)32-22(2,3)4/h8-11,13,15H,5-7,12,14H2,1-4H3. The molecule has 1 amide bonds. The third-order valence-electron chi connectivity index (χ3n) is 5.07. The zero-order chi connectivity index (χ0) is 23.7. The highest BCUT2D eigenvalue weighted by Crippen LogP contribution is 2.35. The molecule has 0 N–H and O–H groups in total. The second kappa shape index (κ2) is 8.96. The molecule has 0 radical (unpaired) electrons. The molecule has 0 spiro atoms. The molecule has 0 aliphatic heterocycles. The lowest BCUT2D eigenvalue weighted by atomic mass is 9.98. The Morgan fingerprint density at radius 1 is 1.22 bits per heavy atom. The van der Waals surface area contributed by atoms with Crippen molar-refractivity contribution in [3.63, 3.8) is 0 Å². The first-order chi connectivity index (χ1) is 14.9. The molecule has 1 aromatic carbocycles. The number of alkyl halides is 3. The molecule has 9 heteroatoms. The Kier molecular flexibility index (Phi) is 6.67. The molecule has 0 unspecified atom stereocenters. The lowest BCUT2D eigenvalue weighted by Crippen LogP contribution is -2.31. The van der Waals surface area contributed by atoms with E-state index < -0.39 is 23.3 Å². The van der Waals surface area contributed by atoms with Crippen LogP contribution in [0.5, 0.6) is 0 Å². The Balaban J connectivity index is 1.89. The number of amides is 1. The van der Waals surface area contributed by atoms with Gasteiger partial charge in [-0.2, -0.15) is 18.3 Å². The van der Waals surface area contributed by atoms with E-state index in [2.05, 4.69) is 5.10 Å². The van der Waals surface area contributed by atoms with E-state index in [9.17, 15) is 22.8 Å². The second-order valence-electron chi connectivity index (χ2n) is 9.01. The topological polar surface area (TPSA) is 64.4 Å². The van der Waals surface area contributed by atoms with Crippen LogP contribution in [0.4, 0.5) is 13.2 Å². The highest BCUT2D eigenvalue weighted by Gasteiger charge is 2.34. The monoisotopic (exact) mass is 451 g/mol. The molecule has 1 saturated carbocycles. The highest BCUT2D eigenvalue weighted by atomic mass is 19.4. The van der Waals surface area contributed by atoms with Gasteiger partial charge in [-0.3, -0.25) is 14.3 Å². The van der Waals surface area contributed by atoms with Gasteiger partial charge in [0.25, 0.3) is 0 Å². The van der Waals surface area contributed by atoms with Crippen LogP contribution >= 0.6 is 0 Å². The van der Waals surface area contributed by atoms with Gasteiger partial charge in [-0.25, -0.2) is 0 Å². The van der Waals surface area contributed by atoms with Crippen molar-refractivity contribution in [1.82, 2.24) is 14.7 Å². The Bertz CT molecular complexity index is 988. The van der Waals surface area contributed by atoms with Gasteiger partial charge in [0, 0.05) is 30.8 Å². The Morgan fingerprint density at radius 3 is 2.47 bits per heavy atom. The fraction of sp³-hybridized carbons (Fsp3) is 0.522. The highest BCUT2D eigenvalue weighted by molar-refractivity contribution is 5.81. The van der Waals surface area contributed by atoms with E-state index in [-0.39, 0.29) is 24.9 Å². The minimum Gasteiger partial charge on any atom is -0.459 e.